The van der Waals surface area contributed by atoms with E-state index in [2.05, 4.69) is 36.4 Å². The maximum atomic E-state index is 11.9. The van der Waals surface area contributed by atoms with Gasteiger partial charge in [0.1, 0.15) is 0 Å². The molecule has 0 aliphatic carbocycles. The highest BCUT2D eigenvalue weighted by atomic mass is 32.1. The van der Waals surface area contributed by atoms with E-state index in [1.54, 1.807) is 0 Å². The Kier molecular flexibility index (Phi) is 4.91. The Morgan fingerprint density at radius 3 is 2.25 bits per heavy atom. The molecule has 20 heavy (non-hydrogen) atoms. The van der Waals surface area contributed by atoms with E-state index in [1.165, 1.54) is 11.3 Å². The van der Waals surface area contributed by atoms with Crippen molar-refractivity contribution in [2.75, 3.05) is 5.32 Å². The molecule has 0 bridgehead atoms. The average Bonchev–Trinajstić information content (AvgIpc) is 2.59. The molecule has 0 aliphatic heterocycles. The lowest BCUT2D eigenvalue weighted by Crippen LogP contribution is -2.49. The van der Waals surface area contributed by atoms with Gasteiger partial charge in [-0.1, -0.05) is 20.8 Å². The van der Waals surface area contributed by atoms with Crippen molar-refractivity contribution in [3.05, 3.63) is 11.1 Å². The van der Waals surface area contributed by atoms with Crippen molar-refractivity contribution in [3.63, 3.8) is 0 Å². The molecule has 1 aromatic heterocycles. The highest BCUT2D eigenvalue weighted by Gasteiger charge is 2.29. The number of amides is 2. The first kappa shape index (κ1) is 16.6. The van der Waals surface area contributed by atoms with Crippen LogP contribution in [0.25, 0.3) is 0 Å². The summed E-state index contributed by atoms with van der Waals surface area (Å²) in [5.41, 5.74) is 0.448. The summed E-state index contributed by atoms with van der Waals surface area (Å²) in [4.78, 5) is 27.8. The standard InChI is InChI=1S/C14H23N3O2S/c1-9-7-20-12(15-9)16-10(18)11(19)17-14(5,6)8-13(2,3)4/h7H,8H2,1-6H3,(H,17,19)(H,15,16,18). The van der Waals surface area contributed by atoms with Crippen LogP contribution in [0.4, 0.5) is 5.13 Å². The SMILES string of the molecule is Cc1csc(NC(=O)C(=O)NC(C)(C)CC(C)(C)C)n1. The fraction of sp³-hybridized carbons (Fsp3) is 0.643. The maximum Gasteiger partial charge on any atom is 0.315 e. The van der Waals surface area contributed by atoms with Crippen LogP contribution in [0.1, 0.15) is 46.7 Å². The molecule has 0 saturated heterocycles. The molecular weight excluding hydrogens is 274 g/mol. The normalized spacial score (nSPS) is 12.1. The van der Waals surface area contributed by atoms with Crippen molar-refractivity contribution in [1.82, 2.24) is 10.3 Å². The summed E-state index contributed by atoms with van der Waals surface area (Å²) in [7, 11) is 0. The number of carbonyl (C=O) groups excluding carboxylic acids is 2. The number of rotatable bonds is 3. The lowest BCUT2D eigenvalue weighted by atomic mass is 9.82. The monoisotopic (exact) mass is 297 g/mol. The minimum Gasteiger partial charge on any atom is -0.343 e. The first-order valence-electron chi connectivity index (χ1n) is 6.54. The van der Waals surface area contributed by atoms with Crippen molar-refractivity contribution >= 4 is 28.3 Å². The van der Waals surface area contributed by atoms with Crippen LogP contribution >= 0.6 is 11.3 Å². The van der Waals surface area contributed by atoms with Gasteiger partial charge in [0.05, 0.1) is 5.69 Å². The van der Waals surface area contributed by atoms with Gasteiger partial charge in [0, 0.05) is 10.9 Å². The maximum absolute atomic E-state index is 11.9. The second kappa shape index (κ2) is 5.91. The third-order valence-corrected chi connectivity index (χ3v) is 3.35. The predicted molar refractivity (Wildman–Crippen MR) is 81.8 cm³/mol. The van der Waals surface area contributed by atoms with Crippen LogP contribution < -0.4 is 10.6 Å². The molecule has 0 unspecified atom stereocenters. The third kappa shape index (κ3) is 5.69. The molecule has 2 amide bonds. The first-order chi connectivity index (χ1) is 8.98. The van der Waals surface area contributed by atoms with Gasteiger partial charge in [-0.3, -0.25) is 14.9 Å². The van der Waals surface area contributed by atoms with Crippen LogP contribution in [0.15, 0.2) is 5.38 Å². The molecule has 2 N–H and O–H groups in total. The first-order valence-corrected chi connectivity index (χ1v) is 7.42. The number of nitrogens with one attached hydrogen (secondary N) is 2. The molecule has 0 aromatic carbocycles. The van der Waals surface area contributed by atoms with Crippen molar-refractivity contribution in [2.45, 2.75) is 53.5 Å². The quantitative estimate of drug-likeness (QED) is 0.843. The third-order valence-electron chi connectivity index (χ3n) is 2.47. The van der Waals surface area contributed by atoms with E-state index >= 15 is 0 Å². The van der Waals surface area contributed by atoms with E-state index in [4.69, 9.17) is 0 Å². The number of aromatic nitrogens is 1. The van der Waals surface area contributed by atoms with Crippen molar-refractivity contribution < 1.29 is 9.59 Å². The fourth-order valence-corrected chi connectivity index (χ4v) is 2.98. The van der Waals surface area contributed by atoms with Crippen LogP contribution in [0, 0.1) is 12.3 Å². The van der Waals surface area contributed by atoms with Gasteiger partial charge in [0.2, 0.25) is 0 Å². The summed E-state index contributed by atoms with van der Waals surface area (Å²) in [6, 6.07) is 0. The summed E-state index contributed by atoms with van der Waals surface area (Å²) in [6.45, 7) is 11.9. The van der Waals surface area contributed by atoms with Crippen LogP contribution in [-0.2, 0) is 9.59 Å². The zero-order valence-corrected chi connectivity index (χ0v) is 13.8. The van der Waals surface area contributed by atoms with Gasteiger partial charge < -0.3 is 5.32 Å². The Balaban J connectivity index is 2.59. The van der Waals surface area contributed by atoms with Gasteiger partial charge >= 0.3 is 11.8 Å². The number of thiazole rings is 1. The molecule has 0 aliphatic rings. The highest BCUT2D eigenvalue weighted by molar-refractivity contribution is 7.14. The molecule has 1 rings (SSSR count). The number of hydrogen-bond donors (Lipinski definition) is 2. The molecule has 0 saturated carbocycles. The molecule has 0 fully saturated rings. The Morgan fingerprint density at radius 2 is 1.80 bits per heavy atom. The van der Waals surface area contributed by atoms with Crippen molar-refractivity contribution in [3.8, 4) is 0 Å². The van der Waals surface area contributed by atoms with Crippen LogP contribution in [0.2, 0.25) is 0 Å². The summed E-state index contributed by atoms with van der Waals surface area (Å²) < 4.78 is 0. The Morgan fingerprint density at radius 1 is 1.20 bits per heavy atom. The minimum atomic E-state index is -0.679. The van der Waals surface area contributed by atoms with Gasteiger partial charge in [-0.2, -0.15) is 0 Å². The highest BCUT2D eigenvalue weighted by Crippen LogP contribution is 2.26. The molecule has 1 aromatic rings. The van der Waals surface area contributed by atoms with E-state index in [-0.39, 0.29) is 5.41 Å². The number of anilines is 1. The molecule has 112 valence electrons. The molecule has 0 spiro atoms. The molecule has 5 nitrogen and oxygen atoms in total. The second-order valence-corrected chi connectivity index (χ2v) is 7.68. The Bertz CT molecular complexity index is 501. The fourth-order valence-electron chi connectivity index (χ4n) is 2.30. The molecular formula is C14H23N3O2S. The topological polar surface area (TPSA) is 71.1 Å². The van der Waals surface area contributed by atoms with E-state index in [0.29, 0.717) is 5.13 Å². The Labute approximate surface area is 124 Å². The van der Waals surface area contributed by atoms with Crippen LogP contribution in [0.5, 0.6) is 0 Å². The van der Waals surface area contributed by atoms with Gasteiger partial charge in [-0.15, -0.1) is 11.3 Å². The lowest BCUT2D eigenvalue weighted by Gasteiger charge is -2.33. The second-order valence-electron chi connectivity index (χ2n) is 6.82. The van der Waals surface area contributed by atoms with Gasteiger partial charge in [0.15, 0.2) is 5.13 Å². The smallest absolute Gasteiger partial charge is 0.315 e. The van der Waals surface area contributed by atoms with E-state index < -0.39 is 17.4 Å². The lowest BCUT2D eigenvalue weighted by molar-refractivity contribution is -0.137. The minimum absolute atomic E-state index is 0.0691. The van der Waals surface area contributed by atoms with E-state index in [0.717, 1.165) is 12.1 Å². The van der Waals surface area contributed by atoms with Gasteiger partial charge in [0.25, 0.3) is 0 Å². The number of hydrogen-bond acceptors (Lipinski definition) is 4. The number of nitrogens with zero attached hydrogens (tertiary/aromatic N) is 1. The number of carbonyl (C=O) groups is 2. The number of aryl methyl sites for hydroxylation is 1. The molecule has 0 radical (unpaired) electrons. The summed E-state index contributed by atoms with van der Waals surface area (Å²) >= 11 is 1.30. The van der Waals surface area contributed by atoms with E-state index in [9.17, 15) is 9.59 Å². The largest absolute Gasteiger partial charge is 0.343 e. The summed E-state index contributed by atoms with van der Waals surface area (Å²) in [6.07, 6.45) is 0.773. The van der Waals surface area contributed by atoms with Crippen LogP contribution in [-0.4, -0.2) is 22.3 Å². The van der Waals surface area contributed by atoms with Gasteiger partial charge in [-0.25, -0.2) is 4.98 Å². The molecule has 1 heterocycles. The van der Waals surface area contributed by atoms with Crippen molar-refractivity contribution in [2.24, 2.45) is 5.41 Å². The predicted octanol–water partition coefficient (Wildman–Crippen LogP) is 2.72. The molecule has 0 atom stereocenters. The summed E-state index contributed by atoms with van der Waals surface area (Å²) in [5.74, 6) is -1.31. The zero-order chi connectivity index (χ0) is 15.6. The van der Waals surface area contributed by atoms with Gasteiger partial charge in [-0.05, 0) is 32.6 Å². The Hall–Kier alpha value is -1.43. The molecule has 6 heteroatoms. The van der Waals surface area contributed by atoms with Crippen LogP contribution in [0.3, 0.4) is 0 Å². The van der Waals surface area contributed by atoms with E-state index in [1.807, 2.05) is 26.2 Å². The zero-order valence-electron chi connectivity index (χ0n) is 13.0. The average molecular weight is 297 g/mol. The summed E-state index contributed by atoms with van der Waals surface area (Å²) in [5, 5.41) is 7.53. The van der Waals surface area contributed by atoms with Crippen molar-refractivity contribution in [1.29, 1.82) is 0 Å².